The average Bonchev–Trinajstić information content (AvgIpc) is 3.79. The smallest absolute Gasteiger partial charge is 0.293 e. The van der Waals surface area contributed by atoms with Crippen LogP contribution in [0.1, 0.15) is 28.8 Å². The highest BCUT2D eigenvalue weighted by atomic mass is 35.5. The third-order valence-corrected chi connectivity index (χ3v) is 12.9. The number of piperazine rings is 1. The number of nitrogens with zero attached hydrogens (tertiary/aromatic N) is 3. The second-order valence-electron chi connectivity index (χ2n) is 15.4. The van der Waals surface area contributed by atoms with E-state index in [0.717, 1.165) is 52.2 Å². The molecule has 328 valence electrons. The molecule has 0 unspecified atom stereocenters. The maximum absolute atomic E-state index is 14.0. The van der Waals surface area contributed by atoms with Crippen molar-refractivity contribution >= 4 is 55.5 Å². The van der Waals surface area contributed by atoms with Crippen LogP contribution in [0.2, 0.25) is 5.02 Å². The molecular weight excluding hydrogens is 848 g/mol. The van der Waals surface area contributed by atoms with Crippen molar-refractivity contribution in [2.75, 3.05) is 69.4 Å². The first-order valence-electron chi connectivity index (χ1n) is 20.7. The van der Waals surface area contributed by atoms with E-state index in [1.807, 2.05) is 60.7 Å². The summed E-state index contributed by atoms with van der Waals surface area (Å²) in [5.41, 5.74) is 4.43. The number of fused-ring (bicyclic) bond motifs is 1. The Hall–Kier alpha value is -6.17. The molecule has 0 radical (unpaired) electrons. The summed E-state index contributed by atoms with van der Waals surface area (Å²) in [4.78, 5) is 32.7. The number of nitrogens with one attached hydrogen (secondary N) is 3. The number of halogens is 1. The molecule has 2 saturated heterocycles. The van der Waals surface area contributed by atoms with Crippen molar-refractivity contribution in [2.45, 2.75) is 24.3 Å². The zero-order chi connectivity index (χ0) is 43.9. The first-order valence-corrected chi connectivity index (χ1v) is 22.6. The van der Waals surface area contributed by atoms with E-state index in [2.05, 4.69) is 24.8 Å². The van der Waals surface area contributed by atoms with Crippen LogP contribution in [0.5, 0.6) is 17.2 Å². The molecular formula is C46H47ClN6O9S. The molecule has 15 nitrogen and oxygen atoms in total. The molecule has 0 atom stereocenters. The number of benzene rings is 5. The normalized spacial score (nSPS) is 15.0. The van der Waals surface area contributed by atoms with Gasteiger partial charge < -0.3 is 34.5 Å². The number of nitro benzene ring substituents is 1. The van der Waals surface area contributed by atoms with Crippen molar-refractivity contribution in [2.24, 2.45) is 5.92 Å². The standard InChI is InChI=1S/C46H47ClN6O9S/c47-34-6-4-32(5-7-34)38-12-9-36(61-25-22-54)26-33(38)30-51-18-20-52(21-19-51)35-8-11-40(45(27-35)62-44-3-1-2-41-39(44)14-17-48-41)46(55)50-63(58,59)37-10-13-42(43(28-37)53(56)57)49-29-31-15-23-60-24-16-31/h1-14,17,26-28,31,48-49,54H,15-16,18-25,29-30H2,(H,50,55). The molecule has 1 aromatic heterocycles. The lowest BCUT2D eigenvalue weighted by atomic mass is 9.98. The van der Waals surface area contributed by atoms with E-state index in [9.17, 15) is 28.4 Å². The minimum Gasteiger partial charge on any atom is -0.491 e. The van der Waals surface area contributed by atoms with Crippen LogP contribution in [0.15, 0.2) is 114 Å². The predicted molar refractivity (Wildman–Crippen MR) is 242 cm³/mol. The Labute approximate surface area is 369 Å². The SMILES string of the molecule is O=C(NS(=O)(=O)c1ccc(NCC2CCOCC2)c([N+](=O)[O-])c1)c1ccc(N2CCN(Cc3cc(OCCO)ccc3-c3ccc(Cl)cc3)CC2)cc1Oc1cccc2[nH]ccc12. The van der Waals surface area contributed by atoms with E-state index >= 15 is 0 Å². The largest absolute Gasteiger partial charge is 0.491 e. The van der Waals surface area contributed by atoms with Gasteiger partial charge in [0.05, 0.1) is 22.0 Å². The lowest BCUT2D eigenvalue weighted by Gasteiger charge is -2.36. The summed E-state index contributed by atoms with van der Waals surface area (Å²) in [6.07, 6.45) is 3.40. The molecule has 63 heavy (non-hydrogen) atoms. The number of aromatic amines is 1. The van der Waals surface area contributed by atoms with Gasteiger partial charge in [-0.05, 0) is 102 Å². The molecule has 0 saturated carbocycles. The van der Waals surface area contributed by atoms with Crippen molar-refractivity contribution in [3.05, 3.63) is 136 Å². The van der Waals surface area contributed by atoms with E-state index in [-0.39, 0.29) is 36.1 Å². The van der Waals surface area contributed by atoms with Gasteiger partial charge in [-0.3, -0.25) is 19.8 Å². The Morgan fingerprint density at radius 1 is 0.937 bits per heavy atom. The highest BCUT2D eigenvalue weighted by Gasteiger charge is 2.28. The molecule has 4 N–H and O–H groups in total. The minimum atomic E-state index is -4.57. The molecule has 2 aliphatic rings. The third kappa shape index (κ3) is 10.4. The molecule has 0 bridgehead atoms. The number of sulfonamides is 1. The summed E-state index contributed by atoms with van der Waals surface area (Å²) < 4.78 is 47.1. The fraction of sp³-hybridized carbons (Fsp3) is 0.283. The van der Waals surface area contributed by atoms with Crippen molar-refractivity contribution in [3.63, 3.8) is 0 Å². The Bertz CT molecular complexity index is 2700. The number of aromatic nitrogens is 1. The van der Waals surface area contributed by atoms with E-state index in [0.29, 0.717) is 69.0 Å². The number of rotatable bonds is 16. The number of aliphatic hydroxyl groups is 1. The Morgan fingerprint density at radius 2 is 1.73 bits per heavy atom. The van der Waals surface area contributed by atoms with Gasteiger partial charge in [-0.2, -0.15) is 0 Å². The third-order valence-electron chi connectivity index (χ3n) is 11.3. The van der Waals surface area contributed by atoms with Gasteiger partial charge in [-0.25, -0.2) is 13.1 Å². The Morgan fingerprint density at radius 3 is 2.49 bits per heavy atom. The van der Waals surface area contributed by atoms with Gasteiger partial charge >= 0.3 is 0 Å². The van der Waals surface area contributed by atoms with Crippen LogP contribution in [0.25, 0.3) is 22.0 Å². The Kier molecular flexibility index (Phi) is 13.4. The van der Waals surface area contributed by atoms with Gasteiger partial charge in [-0.1, -0.05) is 35.9 Å². The highest BCUT2D eigenvalue weighted by molar-refractivity contribution is 7.90. The second kappa shape index (κ2) is 19.5. The van der Waals surface area contributed by atoms with Crippen molar-refractivity contribution in [1.29, 1.82) is 0 Å². The topological polar surface area (TPSA) is 189 Å². The zero-order valence-electron chi connectivity index (χ0n) is 34.3. The number of nitro groups is 1. The minimum absolute atomic E-state index is 0.0456. The summed E-state index contributed by atoms with van der Waals surface area (Å²) in [5.74, 6) is 0.550. The molecule has 0 spiro atoms. The van der Waals surface area contributed by atoms with Crippen molar-refractivity contribution in [1.82, 2.24) is 14.6 Å². The Balaban J connectivity index is 1.01. The number of carbonyl (C=O) groups excluding carboxylic acids is 1. The van der Waals surface area contributed by atoms with Crippen molar-refractivity contribution < 1.29 is 37.5 Å². The second-order valence-corrected chi connectivity index (χ2v) is 17.6. The van der Waals surface area contributed by atoms with E-state index in [4.69, 9.17) is 25.8 Å². The number of aliphatic hydroxyl groups excluding tert-OH is 1. The first kappa shape index (κ1) is 43.5. The molecule has 3 heterocycles. The van der Waals surface area contributed by atoms with Gasteiger partial charge in [0, 0.05) is 92.4 Å². The van der Waals surface area contributed by atoms with Gasteiger partial charge in [0.15, 0.2) is 0 Å². The lowest BCUT2D eigenvalue weighted by molar-refractivity contribution is -0.384. The van der Waals surface area contributed by atoms with E-state index < -0.39 is 31.4 Å². The van der Waals surface area contributed by atoms with Gasteiger partial charge in [0.25, 0.3) is 21.6 Å². The lowest BCUT2D eigenvalue weighted by Crippen LogP contribution is -2.46. The van der Waals surface area contributed by atoms with Crippen LogP contribution < -0.4 is 24.4 Å². The van der Waals surface area contributed by atoms with Gasteiger partial charge in [0.1, 0.15) is 29.5 Å². The molecule has 2 aliphatic heterocycles. The number of anilines is 2. The molecule has 8 rings (SSSR count). The van der Waals surface area contributed by atoms with Crippen LogP contribution in [0, 0.1) is 16.0 Å². The molecule has 0 aliphatic carbocycles. The molecule has 1 amide bonds. The van der Waals surface area contributed by atoms with E-state index in [1.165, 1.54) is 18.2 Å². The number of hydrogen-bond donors (Lipinski definition) is 4. The molecule has 6 aromatic rings. The molecule has 17 heteroatoms. The van der Waals surface area contributed by atoms with E-state index in [1.54, 1.807) is 24.4 Å². The first-order chi connectivity index (χ1) is 30.5. The predicted octanol–water partition coefficient (Wildman–Crippen LogP) is 7.84. The van der Waals surface area contributed by atoms with Crippen LogP contribution in [0.4, 0.5) is 17.1 Å². The average molecular weight is 895 g/mol. The fourth-order valence-electron chi connectivity index (χ4n) is 7.93. The summed E-state index contributed by atoms with van der Waals surface area (Å²) in [7, 11) is -4.57. The quantitative estimate of drug-likeness (QED) is 0.0545. The summed E-state index contributed by atoms with van der Waals surface area (Å²) >= 11 is 6.19. The maximum Gasteiger partial charge on any atom is 0.293 e. The number of amides is 1. The molecule has 2 fully saturated rings. The summed E-state index contributed by atoms with van der Waals surface area (Å²) in [5, 5.41) is 25.9. The monoisotopic (exact) mass is 894 g/mol. The summed E-state index contributed by atoms with van der Waals surface area (Å²) in [6.45, 7) is 5.15. The van der Waals surface area contributed by atoms with Crippen LogP contribution in [-0.2, 0) is 21.3 Å². The number of carbonyl (C=O) groups is 1. The number of hydrogen-bond acceptors (Lipinski definition) is 12. The maximum atomic E-state index is 14.0. The number of ether oxygens (including phenoxy) is 3. The van der Waals surface area contributed by atoms with Gasteiger partial charge in [0.2, 0.25) is 0 Å². The highest BCUT2D eigenvalue weighted by Crippen LogP contribution is 2.36. The van der Waals surface area contributed by atoms with Crippen LogP contribution in [0.3, 0.4) is 0 Å². The van der Waals surface area contributed by atoms with Crippen molar-refractivity contribution in [3.8, 4) is 28.4 Å². The molecule has 5 aromatic carbocycles. The van der Waals surface area contributed by atoms with Crippen LogP contribution >= 0.6 is 11.6 Å². The zero-order valence-corrected chi connectivity index (χ0v) is 35.9. The summed E-state index contributed by atoms with van der Waals surface area (Å²) in [6, 6.07) is 29.5. The number of H-pyrrole nitrogens is 1. The van der Waals surface area contributed by atoms with Gasteiger partial charge in [-0.15, -0.1) is 0 Å². The van der Waals surface area contributed by atoms with Crippen LogP contribution in [-0.4, -0.2) is 93.4 Å². The fourth-order valence-corrected chi connectivity index (χ4v) is 9.05.